The van der Waals surface area contributed by atoms with E-state index >= 15 is 0 Å². The lowest BCUT2D eigenvalue weighted by Gasteiger charge is -2.13. The van der Waals surface area contributed by atoms with Gasteiger partial charge in [0, 0.05) is 23.5 Å². The molecule has 0 spiro atoms. The molecule has 2 aromatic carbocycles. The normalized spacial score (nSPS) is 17.2. The average molecular weight is 365 g/mol. The first-order valence-corrected chi connectivity index (χ1v) is 9.32. The zero-order valence-corrected chi connectivity index (χ0v) is 14.7. The van der Waals surface area contributed by atoms with Gasteiger partial charge in [-0.05, 0) is 60.2 Å². The molecule has 0 saturated carbocycles. The summed E-state index contributed by atoms with van der Waals surface area (Å²) >= 11 is 1.16. The molecule has 5 rings (SSSR count). The van der Waals surface area contributed by atoms with Gasteiger partial charge in [-0.2, -0.15) is 4.37 Å². The summed E-state index contributed by atoms with van der Waals surface area (Å²) in [5.74, 6) is 0.816. The van der Waals surface area contributed by atoms with Crippen molar-refractivity contribution in [3.63, 3.8) is 0 Å². The van der Waals surface area contributed by atoms with Gasteiger partial charge in [-0.1, -0.05) is 6.07 Å². The van der Waals surface area contributed by atoms with Crippen molar-refractivity contribution in [1.82, 2.24) is 19.7 Å². The Bertz CT molecular complexity index is 1100. The number of benzene rings is 2. The Balaban J connectivity index is 1.58. The van der Waals surface area contributed by atoms with E-state index in [1.165, 1.54) is 11.9 Å². The molecular formula is C19H16FN5S. The highest BCUT2D eigenvalue weighted by molar-refractivity contribution is 7.13. The van der Waals surface area contributed by atoms with Crippen LogP contribution in [0.3, 0.4) is 0 Å². The molecule has 0 aliphatic carbocycles. The number of nitrogens with zero attached hydrogens (tertiary/aromatic N) is 3. The van der Waals surface area contributed by atoms with Crippen molar-refractivity contribution < 1.29 is 4.39 Å². The highest BCUT2D eigenvalue weighted by Crippen LogP contribution is 2.32. The molecule has 0 unspecified atom stereocenters. The van der Waals surface area contributed by atoms with Gasteiger partial charge >= 0.3 is 0 Å². The number of hydrogen-bond acceptors (Lipinski definition) is 6. The number of rotatable bonds is 3. The minimum atomic E-state index is -0.298. The van der Waals surface area contributed by atoms with Crippen molar-refractivity contribution in [3.05, 3.63) is 54.2 Å². The quantitative estimate of drug-likeness (QED) is 0.570. The molecule has 2 aromatic heterocycles. The van der Waals surface area contributed by atoms with Crippen molar-refractivity contribution in [3.8, 4) is 0 Å². The van der Waals surface area contributed by atoms with Crippen molar-refractivity contribution in [2.45, 2.75) is 12.3 Å². The van der Waals surface area contributed by atoms with Gasteiger partial charge in [-0.3, -0.25) is 0 Å². The molecule has 1 aliphatic rings. The Morgan fingerprint density at radius 3 is 3.04 bits per heavy atom. The second kappa shape index (κ2) is 6.26. The van der Waals surface area contributed by atoms with Gasteiger partial charge in [0.1, 0.15) is 12.1 Å². The van der Waals surface area contributed by atoms with Crippen LogP contribution in [0.15, 0.2) is 42.9 Å². The van der Waals surface area contributed by atoms with Crippen molar-refractivity contribution in [2.24, 2.45) is 0 Å². The van der Waals surface area contributed by atoms with Crippen LogP contribution in [0.1, 0.15) is 17.9 Å². The van der Waals surface area contributed by atoms with E-state index in [1.54, 1.807) is 12.3 Å². The topological polar surface area (TPSA) is 62.7 Å². The third kappa shape index (κ3) is 2.60. The number of aromatic nitrogens is 3. The van der Waals surface area contributed by atoms with Crippen LogP contribution < -0.4 is 10.6 Å². The largest absolute Gasteiger partial charge is 0.337 e. The molecule has 4 aromatic rings. The van der Waals surface area contributed by atoms with Crippen molar-refractivity contribution >= 4 is 44.0 Å². The maximum atomic E-state index is 14.8. The number of hydrogen-bond donors (Lipinski definition) is 2. The fourth-order valence-corrected chi connectivity index (χ4v) is 4.18. The first-order valence-electron chi connectivity index (χ1n) is 8.55. The maximum absolute atomic E-state index is 14.8. The van der Waals surface area contributed by atoms with E-state index in [4.69, 9.17) is 0 Å². The van der Waals surface area contributed by atoms with E-state index in [2.05, 4.69) is 37.1 Å². The van der Waals surface area contributed by atoms with Crippen LogP contribution in [0.25, 0.3) is 21.0 Å². The standard InChI is InChI=1S/C19H16FN5S/c20-17-16(4-2-13-9-24-26-18(13)17)25-19-14-7-11(12-5-6-21-8-12)1-3-15(14)22-10-23-19/h1-4,7,9-10,12,21H,5-6,8H2,(H,22,23,25)/t12-/m0/s1. The van der Waals surface area contributed by atoms with Gasteiger partial charge < -0.3 is 10.6 Å². The molecule has 0 amide bonds. The molecule has 0 bridgehead atoms. The van der Waals surface area contributed by atoms with E-state index < -0.39 is 0 Å². The average Bonchev–Trinajstić information content (AvgIpc) is 3.36. The highest BCUT2D eigenvalue weighted by atomic mass is 32.1. The molecule has 3 heterocycles. The maximum Gasteiger partial charge on any atom is 0.166 e. The van der Waals surface area contributed by atoms with E-state index in [-0.39, 0.29) is 5.82 Å². The SMILES string of the molecule is Fc1c(Nc2ncnc3ccc([C@H]4CCNC4)cc23)ccc2cnsc12. The molecule has 1 saturated heterocycles. The molecule has 1 fully saturated rings. The van der Waals surface area contributed by atoms with Crippen molar-refractivity contribution in [2.75, 3.05) is 18.4 Å². The van der Waals surface area contributed by atoms with Gasteiger partial charge in [-0.25, -0.2) is 14.4 Å². The molecular weight excluding hydrogens is 349 g/mol. The smallest absolute Gasteiger partial charge is 0.166 e. The fourth-order valence-electron chi connectivity index (χ4n) is 3.49. The van der Waals surface area contributed by atoms with Gasteiger partial charge in [0.15, 0.2) is 5.82 Å². The molecule has 2 N–H and O–H groups in total. The zero-order valence-electron chi connectivity index (χ0n) is 13.9. The summed E-state index contributed by atoms with van der Waals surface area (Å²) in [6.07, 6.45) is 4.30. The summed E-state index contributed by atoms with van der Waals surface area (Å²) in [5, 5.41) is 8.26. The molecule has 1 aliphatic heterocycles. The van der Waals surface area contributed by atoms with Gasteiger partial charge in [-0.15, -0.1) is 0 Å². The number of nitrogens with one attached hydrogen (secondary N) is 2. The lowest BCUT2D eigenvalue weighted by molar-refractivity contribution is 0.645. The second-order valence-corrected chi connectivity index (χ2v) is 7.29. The predicted molar refractivity (Wildman–Crippen MR) is 103 cm³/mol. The van der Waals surface area contributed by atoms with Crippen LogP contribution in [0, 0.1) is 5.82 Å². The summed E-state index contributed by atoms with van der Waals surface area (Å²) in [6.45, 7) is 2.03. The Kier molecular flexibility index (Phi) is 3.76. The molecule has 1 atom stereocenters. The molecule has 5 nitrogen and oxygen atoms in total. The Labute approximate surface area is 153 Å². The van der Waals surface area contributed by atoms with Gasteiger partial charge in [0.25, 0.3) is 0 Å². The number of anilines is 2. The summed E-state index contributed by atoms with van der Waals surface area (Å²) in [4.78, 5) is 8.71. The first kappa shape index (κ1) is 15.6. The van der Waals surface area contributed by atoms with Gasteiger partial charge in [0.05, 0.1) is 15.9 Å². The zero-order chi connectivity index (χ0) is 17.5. The second-order valence-electron chi connectivity index (χ2n) is 6.48. The monoisotopic (exact) mass is 365 g/mol. The van der Waals surface area contributed by atoms with Crippen LogP contribution >= 0.6 is 11.5 Å². The van der Waals surface area contributed by atoms with Crippen LogP contribution in [0.4, 0.5) is 15.9 Å². The van der Waals surface area contributed by atoms with Crippen LogP contribution in [-0.2, 0) is 0 Å². The number of fused-ring (bicyclic) bond motifs is 2. The minimum Gasteiger partial charge on any atom is -0.337 e. The summed E-state index contributed by atoms with van der Waals surface area (Å²) in [5.41, 5.74) is 2.50. The Morgan fingerprint density at radius 2 is 2.15 bits per heavy atom. The van der Waals surface area contributed by atoms with E-state index in [0.717, 1.165) is 47.3 Å². The van der Waals surface area contributed by atoms with Crippen LogP contribution in [0.2, 0.25) is 0 Å². The molecule has 0 radical (unpaired) electrons. The predicted octanol–water partition coefficient (Wildman–Crippen LogP) is 4.20. The van der Waals surface area contributed by atoms with Gasteiger partial charge in [0.2, 0.25) is 0 Å². The lowest BCUT2D eigenvalue weighted by Crippen LogP contribution is -2.08. The lowest BCUT2D eigenvalue weighted by atomic mass is 9.97. The fraction of sp³-hybridized carbons (Fsp3) is 0.211. The third-order valence-electron chi connectivity index (χ3n) is 4.91. The van der Waals surface area contributed by atoms with Crippen molar-refractivity contribution in [1.29, 1.82) is 0 Å². The first-order chi connectivity index (χ1) is 12.8. The van der Waals surface area contributed by atoms with E-state index in [1.807, 2.05) is 12.1 Å². The highest BCUT2D eigenvalue weighted by Gasteiger charge is 2.18. The van der Waals surface area contributed by atoms with Crippen LogP contribution in [-0.4, -0.2) is 27.4 Å². The summed E-state index contributed by atoms with van der Waals surface area (Å²) in [6, 6.07) is 9.85. The summed E-state index contributed by atoms with van der Waals surface area (Å²) < 4.78 is 19.4. The summed E-state index contributed by atoms with van der Waals surface area (Å²) in [7, 11) is 0. The Hall–Kier alpha value is -2.64. The molecule has 26 heavy (non-hydrogen) atoms. The minimum absolute atomic E-state index is 0.298. The molecule has 130 valence electrons. The number of halogens is 1. The Morgan fingerprint density at radius 1 is 1.19 bits per heavy atom. The van der Waals surface area contributed by atoms with Crippen LogP contribution in [0.5, 0.6) is 0 Å². The third-order valence-corrected chi connectivity index (χ3v) is 5.72. The molecule has 7 heteroatoms. The van der Waals surface area contributed by atoms with E-state index in [9.17, 15) is 4.39 Å². The van der Waals surface area contributed by atoms with E-state index in [0.29, 0.717) is 22.1 Å².